The number of nitrogens with one attached hydrogen (secondary N) is 3. The monoisotopic (exact) mass is 562 g/mol. The van der Waals surface area contributed by atoms with Crippen LogP contribution in [0.25, 0.3) is 0 Å². The number of carbonyl (C=O) groups excluding carboxylic acids is 4. The molecule has 0 radical (unpaired) electrons. The van der Waals surface area contributed by atoms with Crippen LogP contribution in [0.4, 0.5) is 0 Å². The average Bonchev–Trinajstić information content (AvgIpc) is 2.83. The van der Waals surface area contributed by atoms with Gasteiger partial charge in [-0.2, -0.15) is 11.8 Å². The summed E-state index contributed by atoms with van der Waals surface area (Å²) in [5, 5.41) is 25.4. The zero-order valence-electron chi connectivity index (χ0n) is 21.2. The topological polar surface area (TPSA) is 295 Å². The van der Waals surface area contributed by atoms with Crippen LogP contribution in [0.5, 0.6) is 0 Å². The van der Waals surface area contributed by atoms with Gasteiger partial charge in [0.25, 0.3) is 0 Å². The number of carboxylic acids is 2. The van der Waals surface area contributed by atoms with Crippen molar-refractivity contribution >= 4 is 53.3 Å². The van der Waals surface area contributed by atoms with Crippen molar-refractivity contribution in [3.8, 4) is 0 Å². The van der Waals surface area contributed by atoms with Gasteiger partial charge in [-0.3, -0.25) is 29.0 Å². The lowest BCUT2D eigenvalue weighted by Crippen LogP contribution is -2.57. The van der Waals surface area contributed by atoms with Crippen molar-refractivity contribution in [2.24, 2.45) is 27.9 Å². The van der Waals surface area contributed by atoms with Crippen molar-refractivity contribution in [2.75, 3.05) is 18.6 Å². The Kier molecular flexibility index (Phi) is 16.9. The Morgan fingerprint density at radius 3 is 1.84 bits per heavy atom. The second-order valence-electron chi connectivity index (χ2n) is 8.30. The number of aliphatic imine (C=N–C) groups is 1. The molecule has 13 N–H and O–H groups in total. The molecular formula is C21H38N8O8S. The molecule has 4 unspecified atom stereocenters. The first kappa shape index (κ1) is 34.4. The molecule has 216 valence electrons. The lowest BCUT2D eigenvalue weighted by molar-refractivity contribution is -0.143. The molecule has 0 aromatic heterocycles. The lowest BCUT2D eigenvalue weighted by atomic mass is 10.1. The number of aliphatic carboxylic acids is 2. The number of carbonyl (C=O) groups is 6. The van der Waals surface area contributed by atoms with Crippen molar-refractivity contribution in [2.45, 2.75) is 69.1 Å². The molecule has 0 aliphatic heterocycles. The second kappa shape index (κ2) is 18.6. The minimum atomic E-state index is -1.51. The fourth-order valence-electron chi connectivity index (χ4n) is 3.05. The normalized spacial score (nSPS) is 13.7. The Morgan fingerprint density at radius 1 is 0.789 bits per heavy atom. The smallest absolute Gasteiger partial charge is 0.326 e. The van der Waals surface area contributed by atoms with E-state index in [0.717, 1.165) is 0 Å². The summed E-state index contributed by atoms with van der Waals surface area (Å²) in [6.45, 7) is 0.116. The lowest BCUT2D eigenvalue weighted by Gasteiger charge is -2.25. The minimum Gasteiger partial charge on any atom is -0.481 e. The first-order chi connectivity index (χ1) is 17.8. The van der Waals surface area contributed by atoms with Crippen LogP contribution in [-0.2, 0) is 28.8 Å². The van der Waals surface area contributed by atoms with Gasteiger partial charge in [0.15, 0.2) is 5.96 Å². The Morgan fingerprint density at radius 2 is 1.34 bits per heavy atom. The molecule has 0 rings (SSSR count). The largest absolute Gasteiger partial charge is 0.481 e. The van der Waals surface area contributed by atoms with Crippen LogP contribution in [0.3, 0.4) is 0 Å². The molecule has 0 heterocycles. The van der Waals surface area contributed by atoms with E-state index in [2.05, 4.69) is 20.9 Å². The predicted octanol–water partition coefficient (Wildman–Crippen LogP) is -3.21. The van der Waals surface area contributed by atoms with E-state index in [-0.39, 0.29) is 51.0 Å². The number of carboxylic acid groups (broad SMARTS) is 2. The number of rotatable bonds is 20. The van der Waals surface area contributed by atoms with Crippen molar-refractivity contribution in [3.63, 3.8) is 0 Å². The van der Waals surface area contributed by atoms with Crippen molar-refractivity contribution in [1.82, 2.24) is 16.0 Å². The van der Waals surface area contributed by atoms with Crippen LogP contribution >= 0.6 is 11.8 Å². The molecule has 4 amide bonds. The van der Waals surface area contributed by atoms with E-state index in [0.29, 0.717) is 5.75 Å². The third-order valence-electron chi connectivity index (χ3n) is 5.12. The maximum Gasteiger partial charge on any atom is 0.326 e. The van der Waals surface area contributed by atoms with Crippen LogP contribution in [-0.4, -0.2) is 94.5 Å². The number of nitrogens with zero attached hydrogens (tertiary/aromatic N) is 1. The van der Waals surface area contributed by atoms with Crippen LogP contribution < -0.4 is 38.9 Å². The fraction of sp³-hybridized carbons (Fsp3) is 0.667. The van der Waals surface area contributed by atoms with E-state index in [1.807, 2.05) is 0 Å². The van der Waals surface area contributed by atoms with Crippen LogP contribution in [0.1, 0.15) is 44.9 Å². The Labute approximate surface area is 224 Å². The van der Waals surface area contributed by atoms with Gasteiger partial charge in [-0.1, -0.05) is 0 Å². The van der Waals surface area contributed by atoms with Gasteiger partial charge in [-0.05, 0) is 44.1 Å². The highest BCUT2D eigenvalue weighted by Crippen LogP contribution is 2.07. The molecule has 16 nitrogen and oxygen atoms in total. The van der Waals surface area contributed by atoms with Gasteiger partial charge >= 0.3 is 11.9 Å². The van der Waals surface area contributed by atoms with Crippen molar-refractivity contribution < 1.29 is 39.0 Å². The molecular weight excluding hydrogens is 524 g/mol. The highest BCUT2D eigenvalue weighted by molar-refractivity contribution is 7.98. The maximum atomic E-state index is 13.1. The van der Waals surface area contributed by atoms with Crippen LogP contribution in [0.15, 0.2) is 4.99 Å². The molecule has 17 heteroatoms. The van der Waals surface area contributed by atoms with Gasteiger partial charge in [0.1, 0.15) is 18.1 Å². The van der Waals surface area contributed by atoms with E-state index in [1.165, 1.54) is 11.8 Å². The summed E-state index contributed by atoms with van der Waals surface area (Å²) >= 11 is 1.41. The van der Waals surface area contributed by atoms with E-state index >= 15 is 0 Å². The maximum absolute atomic E-state index is 13.1. The van der Waals surface area contributed by atoms with Crippen LogP contribution in [0, 0.1) is 0 Å². The van der Waals surface area contributed by atoms with Crippen molar-refractivity contribution in [3.05, 3.63) is 0 Å². The third kappa shape index (κ3) is 15.5. The zero-order valence-corrected chi connectivity index (χ0v) is 22.0. The van der Waals surface area contributed by atoms with E-state index < -0.39 is 66.2 Å². The zero-order chi connectivity index (χ0) is 29.3. The molecule has 4 atom stereocenters. The summed E-state index contributed by atoms with van der Waals surface area (Å²) in [4.78, 5) is 75.5. The molecule has 0 aromatic carbocycles. The van der Waals surface area contributed by atoms with E-state index in [4.69, 9.17) is 28.0 Å². The molecule has 0 fully saturated rings. The number of nitrogens with two attached hydrogens (primary N) is 4. The second-order valence-corrected chi connectivity index (χ2v) is 9.28. The van der Waals surface area contributed by atoms with Gasteiger partial charge < -0.3 is 49.1 Å². The minimum absolute atomic E-state index is 0.000935. The standard InChI is InChI=1S/C21H38N8O8S/c1-38-10-8-13(27-17(33)11(22)4-6-15(23)30)19(35)28-12(3-2-9-26-21(24)25)18(34)29-14(20(36)37)5-7-16(31)32/h11-14H,2-10,22H2,1H3,(H2,23,30)(H,27,33)(H,28,35)(H,29,34)(H,31,32)(H,36,37)(H4,24,25,26). The summed E-state index contributed by atoms with van der Waals surface area (Å²) in [6.07, 6.45) is 1.17. The van der Waals surface area contributed by atoms with Gasteiger partial charge in [0, 0.05) is 19.4 Å². The van der Waals surface area contributed by atoms with Gasteiger partial charge in [0.05, 0.1) is 6.04 Å². The SMILES string of the molecule is CSCCC(NC(=O)C(N)CCC(N)=O)C(=O)NC(CCCN=C(N)N)C(=O)NC(CCC(=O)O)C(=O)O. The highest BCUT2D eigenvalue weighted by Gasteiger charge is 2.30. The van der Waals surface area contributed by atoms with Gasteiger partial charge in [0.2, 0.25) is 23.6 Å². The summed E-state index contributed by atoms with van der Waals surface area (Å²) in [7, 11) is 0. The Balaban J connectivity index is 5.61. The molecule has 0 aliphatic carbocycles. The number of guanidine groups is 1. The summed E-state index contributed by atoms with van der Waals surface area (Å²) in [5.74, 6) is -5.32. The first-order valence-corrected chi connectivity index (χ1v) is 13.1. The molecule has 0 aromatic rings. The molecule has 0 aliphatic rings. The Hall–Kier alpha value is -3.60. The Bertz CT molecular complexity index is 868. The molecule has 0 bridgehead atoms. The predicted molar refractivity (Wildman–Crippen MR) is 140 cm³/mol. The summed E-state index contributed by atoms with van der Waals surface area (Å²) in [6, 6.07) is -4.95. The number of thioether (sulfide) groups is 1. The molecule has 0 saturated heterocycles. The first-order valence-electron chi connectivity index (χ1n) is 11.7. The number of primary amides is 1. The average molecular weight is 563 g/mol. The van der Waals surface area contributed by atoms with E-state index in [1.54, 1.807) is 6.26 Å². The molecule has 38 heavy (non-hydrogen) atoms. The summed E-state index contributed by atoms with van der Waals surface area (Å²) in [5.41, 5.74) is 21.4. The highest BCUT2D eigenvalue weighted by atomic mass is 32.2. The number of amides is 4. The number of hydrogen-bond donors (Lipinski definition) is 9. The fourth-order valence-corrected chi connectivity index (χ4v) is 3.53. The van der Waals surface area contributed by atoms with Crippen molar-refractivity contribution in [1.29, 1.82) is 0 Å². The molecule has 0 saturated carbocycles. The number of hydrogen-bond acceptors (Lipinski definition) is 9. The summed E-state index contributed by atoms with van der Waals surface area (Å²) < 4.78 is 0. The quantitative estimate of drug-likeness (QED) is 0.0402. The van der Waals surface area contributed by atoms with E-state index in [9.17, 15) is 33.9 Å². The van der Waals surface area contributed by atoms with Gasteiger partial charge in [-0.15, -0.1) is 0 Å². The molecule has 0 spiro atoms. The van der Waals surface area contributed by atoms with Gasteiger partial charge in [-0.25, -0.2) is 4.79 Å². The van der Waals surface area contributed by atoms with Crippen LogP contribution in [0.2, 0.25) is 0 Å². The third-order valence-corrected chi connectivity index (χ3v) is 5.77.